The van der Waals surface area contributed by atoms with E-state index in [1.165, 1.54) is 0 Å². The molecule has 11 nitrogen and oxygen atoms in total. The molecule has 2 saturated heterocycles. The lowest BCUT2D eigenvalue weighted by atomic mass is 9.89. The number of carboxylic acid groups (broad SMARTS) is 2. The van der Waals surface area contributed by atoms with Crippen LogP contribution in [0.2, 0.25) is 0 Å². The molecule has 3 aliphatic rings. The Labute approximate surface area is 259 Å². The van der Waals surface area contributed by atoms with Crippen molar-refractivity contribution >= 4 is 44.5 Å². The lowest BCUT2D eigenvalue weighted by Crippen LogP contribution is -2.51. The summed E-state index contributed by atoms with van der Waals surface area (Å²) in [6, 6.07) is 14.1. The van der Waals surface area contributed by atoms with E-state index in [9.17, 15) is 39.6 Å². The quantitative estimate of drug-likeness (QED) is 0.349. The number of carbonyl (C=O) groups is 3. The van der Waals surface area contributed by atoms with Crippen molar-refractivity contribution in [1.29, 1.82) is 0 Å². The molecular weight excluding hydrogens is 650 g/mol. The number of benzene rings is 2. The molecule has 0 saturated carbocycles. The van der Waals surface area contributed by atoms with Crippen molar-refractivity contribution in [2.24, 2.45) is 10.9 Å². The van der Waals surface area contributed by atoms with Gasteiger partial charge in [-0.15, -0.1) is 0 Å². The number of amidine groups is 1. The fourth-order valence-electron chi connectivity index (χ4n) is 5.17. The van der Waals surface area contributed by atoms with Crippen LogP contribution in [0.25, 0.3) is 10.8 Å². The van der Waals surface area contributed by atoms with Crippen molar-refractivity contribution in [3.63, 3.8) is 0 Å². The minimum Gasteiger partial charge on any atom is -0.475 e. The number of fused-ring (bicyclic) bond motifs is 1. The van der Waals surface area contributed by atoms with E-state index in [-0.39, 0.29) is 17.6 Å². The molecular formula is C28H32F6N4O7S. The number of aliphatic imine (C=N–C) groups is 1. The molecule has 46 heavy (non-hydrogen) atoms. The summed E-state index contributed by atoms with van der Waals surface area (Å²) >= 11 is 0. The molecule has 1 amide bonds. The second-order valence-corrected chi connectivity index (χ2v) is 12.8. The SMILES string of the molecule is O=C(O)C(F)(F)F.O=C(O)C(F)(F)F.O=C1NC(C2CCCNC2)=NC12CCN(S(=O)(=O)CCc1cccc3ccccc13)CC2. The van der Waals surface area contributed by atoms with E-state index in [4.69, 9.17) is 24.8 Å². The van der Waals surface area contributed by atoms with Crippen molar-refractivity contribution in [3.8, 4) is 0 Å². The number of alkyl halides is 6. The lowest BCUT2D eigenvalue weighted by Gasteiger charge is -2.34. The van der Waals surface area contributed by atoms with Crippen LogP contribution in [-0.4, -0.2) is 96.4 Å². The Hall–Kier alpha value is -3.77. The van der Waals surface area contributed by atoms with Crippen LogP contribution >= 0.6 is 0 Å². The van der Waals surface area contributed by atoms with E-state index in [0.29, 0.717) is 32.4 Å². The van der Waals surface area contributed by atoms with Crippen molar-refractivity contribution in [3.05, 3.63) is 48.0 Å². The normalized spacial score (nSPS) is 20.1. The summed E-state index contributed by atoms with van der Waals surface area (Å²) in [5.41, 5.74) is 0.250. The van der Waals surface area contributed by atoms with E-state index in [1.807, 2.05) is 42.5 Å². The first kappa shape index (κ1) is 36.7. The van der Waals surface area contributed by atoms with Crippen LogP contribution in [0.1, 0.15) is 31.2 Å². The van der Waals surface area contributed by atoms with Gasteiger partial charge in [0.2, 0.25) is 10.0 Å². The highest BCUT2D eigenvalue weighted by molar-refractivity contribution is 7.89. The van der Waals surface area contributed by atoms with Crippen molar-refractivity contribution in [2.45, 2.75) is 50.0 Å². The number of halogens is 6. The third-order valence-electron chi connectivity index (χ3n) is 7.62. The Bertz CT molecular complexity index is 1520. The van der Waals surface area contributed by atoms with Gasteiger partial charge in [0.1, 0.15) is 11.4 Å². The van der Waals surface area contributed by atoms with E-state index in [2.05, 4.69) is 10.6 Å². The van der Waals surface area contributed by atoms with Gasteiger partial charge in [-0.1, -0.05) is 42.5 Å². The zero-order valence-electron chi connectivity index (χ0n) is 24.2. The molecule has 0 radical (unpaired) electrons. The maximum Gasteiger partial charge on any atom is 0.490 e. The average molecular weight is 683 g/mol. The van der Waals surface area contributed by atoms with E-state index < -0.39 is 39.9 Å². The number of rotatable bonds is 5. The number of aliphatic carboxylic acids is 2. The molecule has 3 heterocycles. The van der Waals surface area contributed by atoms with E-state index >= 15 is 0 Å². The molecule has 0 aliphatic carbocycles. The third kappa shape index (κ3) is 9.62. The number of hydrogen-bond donors (Lipinski definition) is 4. The van der Waals surface area contributed by atoms with Crippen LogP contribution in [0, 0.1) is 5.92 Å². The number of amides is 1. The third-order valence-corrected chi connectivity index (χ3v) is 9.49. The molecule has 0 aromatic heterocycles. The van der Waals surface area contributed by atoms with Crippen molar-refractivity contribution in [1.82, 2.24) is 14.9 Å². The van der Waals surface area contributed by atoms with Gasteiger partial charge in [-0.25, -0.2) is 22.3 Å². The van der Waals surface area contributed by atoms with Crippen LogP contribution < -0.4 is 10.6 Å². The van der Waals surface area contributed by atoms with Gasteiger partial charge in [-0.3, -0.25) is 9.79 Å². The zero-order valence-corrected chi connectivity index (χ0v) is 25.0. The molecule has 5 rings (SSSR count). The van der Waals surface area contributed by atoms with Crippen LogP contribution in [0.15, 0.2) is 47.5 Å². The van der Waals surface area contributed by atoms with Gasteiger partial charge >= 0.3 is 24.3 Å². The standard InChI is InChI=1S/C24H30N4O3S.2C2HF3O2/c29-23-24(27-22(26-23)20-8-4-13-25-17-20)11-14-28(15-12-24)32(30,31)16-10-19-7-3-6-18-5-1-2-9-21(18)19;2*3-2(4,5)1(6)7/h1-3,5-7,9,20,25H,4,8,10-17H2,(H,26,27,29);2*(H,6,7). The largest absolute Gasteiger partial charge is 0.490 e. The smallest absolute Gasteiger partial charge is 0.475 e. The number of nitrogens with one attached hydrogen (secondary N) is 2. The zero-order chi connectivity index (χ0) is 34.3. The summed E-state index contributed by atoms with van der Waals surface area (Å²) in [4.78, 5) is 35.4. The van der Waals surface area contributed by atoms with Crippen LogP contribution in [-0.2, 0) is 30.8 Å². The molecule has 4 N–H and O–H groups in total. The van der Waals surface area contributed by atoms with Gasteiger partial charge in [-0.2, -0.15) is 26.3 Å². The fourth-order valence-corrected chi connectivity index (χ4v) is 6.65. The molecule has 1 atom stereocenters. The Morgan fingerprint density at radius 1 is 0.957 bits per heavy atom. The maximum atomic E-state index is 13.1. The summed E-state index contributed by atoms with van der Waals surface area (Å²) in [6.07, 6.45) is -6.71. The number of nitrogens with zero attached hydrogens (tertiary/aromatic N) is 2. The monoisotopic (exact) mass is 682 g/mol. The fraction of sp³-hybridized carbons (Fsp3) is 0.500. The first-order chi connectivity index (χ1) is 21.4. The van der Waals surface area contributed by atoms with Gasteiger partial charge in [0.25, 0.3) is 5.91 Å². The maximum absolute atomic E-state index is 13.1. The Morgan fingerprint density at radius 3 is 2.07 bits per heavy atom. The molecule has 1 spiro atoms. The number of sulfonamides is 1. The Kier molecular flexibility index (Phi) is 11.8. The summed E-state index contributed by atoms with van der Waals surface area (Å²) in [6.45, 7) is 2.52. The first-order valence-corrected chi connectivity index (χ1v) is 15.6. The van der Waals surface area contributed by atoms with Gasteiger partial charge in [0.15, 0.2) is 0 Å². The minimum absolute atomic E-state index is 0.0640. The summed E-state index contributed by atoms with van der Waals surface area (Å²) in [7, 11) is -3.40. The topological polar surface area (TPSA) is 165 Å². The second-order valence-electron chi connectivity index (χ2n) is 10.7. The highest BCUT2D eigenvalue weighted by Gasteiger charge is 2.48. The second kappa shape index (κ2) is 14.8. The molecule has 254 valence electrons. The molecule has 2 fully saturated rings. The van der Waals surface area contributed by atoms with Gasteiger partial charge in [0, 0.05) is 25.6 Å². The molecule has 3 aliphatic heterocycles. The Morgan fingerprint density at radius 2 is 1.52 bits per heavy atom. The predicted octanol–water partition coefficient (Wildman–Crippen LogP) is 3.34. The number of aryl methyl sites for hydroxylation is 1. The molecule has 18 heteroatoms. The highest BCUT2D eigenvalue weighted by Crippen LogP contribution is 2.33. The highest BCUT2D eigenvalue weighted by atomic mass is 32.2. The van der Waals surface area contributed by atoms with E-state index in [0.717, 1.165) is 48.1 Å². The van der Waals surface area contributed by atoms with E-state index in [1.54, 1.807) is 4.31 Å². The van der Waals surface area contributed by atoms with Crippen LogP contribution in [0.5, 0.6) is 0 Å². The Balaban J connectivity index is 0.000000345. The number of piperidine rings is 2. The van der Waals surface area contributed by atoms with Gasteiger partial charge in [0.05, 0.1) is 5.75 Å². The first-order valence-electron chi connectivity index (χ1n) is 14.0. The minimum atomic E-state index is -5.08. The van der Waals surface area contributed by atoms with Crippen LogP contribution in [0.3, 0.4) is 0 Å². The number of carbonyl (C=O) groups excluding carboxylic acids is 1. The summed E-state index contributed by atoms with van der Waals surface area (Å²) < 4.78 is 91.2. The average Bonchev–Trinajstić information content (AvgIpc) is 3.31. The lowest BCUT2D eigenvalue weighted by molar-refractivity contribution is -0.193. The molecule has 2 aromatic rings. The summed E-state index contributed by atoms with van der Waals surface area (Å²) in [5.74, 6) is -4.47. The van der Waals surface area contributed by atoms with Gasteiger partial charge in [-0.05, 0) is 55.0 Å². The number of hydrogen-bond acceptors (Lipinski definition) is 7. The van der Waals surface area contributed by atoms with Gasteiger partial charge < -0.3 is 20.8 Å². The predicted molar refractivity (Wildman–Crippen MR) is 154 cm³/mol. The molecule has 1 unspecified atom stereocenters. The number of carboxylic acids is 2. The van der Waals surface area contributed by atoms with Crippen molar-refractivity contribution < 1.29 is 59.4 Å². The molecule has 2 aromatic carbocycles. The summed E-state index contributed by atoms with van der Waals surface area (Å²) in [5, 5.41) is 22.8. The van der Waals surface area contributed by atoms with Crippen LogP contribution in [0.4, 0.5) is 26.3 Å². The molecule has 0 bridgehead atoms. The van der Waals surface area contributed by atoms with Crippen molar-refractivity contribution in [2.75, 3.05) is 31.9 Å².